The zero-order valence-electron chi connectivity index (χ0n) is 18.9. The Morgan fingerprint density at radius 3 is 2.53 bits per heavy atom. The molecule has 0 unspecified atom stereocenters. The van der Waals surface area contributed by atoms with Crippen LogP contribution in [0.3, 0.4) is 0 Å². The molecule has 1 fully saturated rings. The minimum Gasteiger partial charge on any atom is -0.355 e. The molecule has 0 aliphatic carbocycles. The molecule has 7 nitrogen and oxygen atoms in total. The summed E-state index contributed by atoms with van der Waals surface area (Å²) in [5, 5.41) is 2.88. The van der Waals surface area contributed by atoms with E-state index in [-0.39, 0.29) is 11.9 Å². The number of halogens is 3. The van der Waals surface area contributed by atoms with E-state index in [0.29, 0.717) is 18.8 Å². The van der Waals surface area contributed by atoms with Crippen molar-refractivity contribution in [1.29, 1.82) is 0 Å². The van der Waals surface area contributed by atoms with Gasteiger partial charge in [-0.1, -0.05) is 6.07 Å². The number of hydrogen-bond acceptors (Lipinski definition) is 6. The van der Waals surface area contributed by atoms with Gasteiger partial charge in [-0.3, -0.25) is 4.79 Å². The summed E-state index contributed by atoms with van der Waals surface area (Å²) in [6.07, 6.45) is -0.859. The van der Waals surface area contributed by atoms with E-state index >= 15 is 0 Å². The molecule has 1 saturated heterocycles. The van der Waals surface area contributed by atoms with Crippen molar-refractivity contribution in [1.82, 2.24) is 19.9 Å². The maximum Gasteiger partial charge on any atom is 0.433 e. The topological polar surface area (TPSA) is 74.2 Å². The zero-order valence-corrected chi connectivity index (χ0v) is 18.9. The first-order chi connectivity index (χ1) is 16.2. The summed E-state index contributed by atoms with van der Waals surface area (Å²) in [5.41, 5.74) is 2.32. The van der Waals surface area contributed by atoms with E-state index in [0.717, 1.165) is 54.3 Å². The van der Waals surface area contributed by atoms with Crippen molar-refractivity contribution in [3.63, 3.8) is 0 Å². The maximum absolute atomic E-state index is 13.0. The molecule has 0 radical (unpaired) electrons. The Morgan fingerprint density at radius 2 is 1.76 bits per heavy atom. The van der Waals surface area contributed by atoms with Crippen LogP contribution in [0.1, 0.15) is 24.6 Å². The molecule has 0 atom stereocenters. The summed E-state index contributed by atoms with van der Waals surface area (Å²) in [7, 11) is 0. The Hall–Kier alpha value is -3.69. The van der Waals surface area contributed by atoms with Gasteiger partial charge in [-0.05, 0) is 60.4 Å². The largest absolute Gasteiger partial charge is 0.433 e. The summed E-state index contributed by atoms with van der Waals surface area (Å²) >= 11 is 0. The molecule has 0 spiro atoms. The first kappa shape index (κ1) is 23.5. The standard InChI is InChI=1S/C24H25F3N6O/c1-16-12-19(14-20(13-16)30-23-29-7-5-21(31-23)24(25,26)27)18-4-6-28-22(15-18)33-9-3-8-32(10-11-33)17(2)34/h4-7,12-15H,3,8-11H2,1-2H3,(H,29,30,31). The van der Waals surface area contributed by atoms with E-state index in [4.69, 9.17) is 0 Å². The third-order valence-electron chi connectivity index (χ3n) is 5.62. The highest BCUT2D eigenvalue weighted by Gasteiger charge is 2.32. The Kier molecular flexibility index (Phi) is 6.67. The van der Waals surface area contributed by atoms with E-state index in [1.807, 2.05) is 42.2 Å². The van der Waals surface area contributed by atoms with Crippen molar-refractivity contribution in [2.24, 2.45) is 0 Å². The number of anilines is 3. The smallest absolute Gasteiger partial charge is 0.355 e. The van der Waals surface area contributed by atoms with Crippen molar-refractivity contribution >= 4 is 23.4 Å². The second-order valence-electron chi connectivity index (χ2n) is 8.23. The van der Waals surface area contributed by atoms with Crippen LogP contribution in [0.15, 0.2) is 48.8 Å². The van der Waals surface area contributed by atoms with Gasteiger partial charge >= 0.3 is 6.18 Å². The number of carbonyl (C=O) groups is 1. The van der Waals surface area contributed by atoms with E-state index in [1.165, 1.54) is 0 Å². The van der Waals surface area contributed by atoms with E-state index in [1.54, 1.807) is 13.1 Å². The number of benzene rings is 1. The number of amides is 1. The normalized spacial score (nSPS) is 14.6. The van der Waals surface area contributed by atoms with Gasteiger partial charge in [0, 0.05) is 51.2 Å². The molecule has 0 saturated carbocycles. The summed E-state index contributed by atoms with van der Waals surface area (Å²) in [5.74, 6) is 0.773. The van der Waals surface area contributed by atoms with Crippen molar-refractivity contribution in [2.45, 2.75) is 26.4 Å². The molecule has 178 valence electrons. The number of pyridine rings is 1. The van der Waals surface area contributed by atoms with E-state index in [9.17, 15) is 18.0 Å². The summed E-state index contributed by atoms with van der Waals surface area (Å²) in [6, 6.07) is 10.4. The molecule has 1 amide bonds. The number of alkyl halides is 3. The van der Waals surface area contributed by atoms with Gasteiger partial charge in [0.25, 0.3) is 0 Å². The van der Waals surface area contributed by atoms with E-state index in [2.05, 4.69) is 25.2 Å². The van der Waals surface area contributed by atoms with Crippen LogP contribution < -0.4 is 10.2 Å². The molecule has 3 aromatic rings. The van der Waals surface area contributed by atoms with Crippen LogP contribution >= 0.6 is 0 Å². The third kappa shape index (κ3) is 5.62. The third-order valence-corrected chi connectivity index (χ3v) is 5.62. The quantitative estimate of drug-likeness (QED) is 0.598. The van der Waals surface area contributed by atoms with Crippen LogP contribution in [-0.2, 0) is 11.0 Å². The van der Waals surface area contributed by atoms with Gasteiger partial charge in [0.2, 0.25) is 11.9 Å². The molecule has 4 rings (SSSR count). The molecule has 1 aliphatic heterocycles. The highest BCUT2D eigenvalue weighted by molar-refractivity contribution is 5.74. The highest BCUT2D eigenvalue weighted by Crippen LogP contribution is 2.30. The molecule has 2 aromatic heterocycles. The Balaban J connectivity index is 1.57. The fourth-order valence-corrected chi connectivity index (χ4v) is 3.96. The fourth-order valence-electron chi connectivity index (χ4n) is 3.96. The number of aromatic nitrogens is 3. The van der Waals surface area contributed by atoms with Crippen molar-refractivity contribution in [3.8, 4) is 11.1 Å². The minimum atomic E-state index is -4.54. The lowest BCUT2D eigenvalue weighted by molar-refractivity contribution is -0.141. The molecule has 10 heteroatoms. The average Bonchev–Trinajstić information content (AvgIpc) is 3.05. The van der Waals surface area contributed by atoms with Gasteiger partial charge in [-0.25, -0.2) is 15.0 Å². The predicted octanol–water partition coefficient (Wildman–Crippen LogP) is 4.67. The molecule has 1 aromatic carbocycles. The first-order valence-electron chi connectivity index (χ1n) is 10.9. The average molecular weight is 470 g/mol. The van der Waals surface area contributed by atoms with Crippen LogP contribution in [-0.4, -0.2) is 51.9 Å². The Labute approximate surface area is 195 Å². The molecule has 0 bridgehead atoms. The van der Waals surface area contributed by atoms with Gasteiger partial charge in [-0.2, -0.15) is 13.2 Å². The molecule has 1 N–H and O–H groups in total. The van der Waals surface area contributed by atoms with Gasteiger partial charge in [0.1, 0.15) is 11.5 Å². The van der Waals surface area contributed by atoms with Gasteiger partial charge in [-0.15, -0.1) is 0 Å². The first-order valence-corrected chi connectivity index (χ1v) is 10.9. The maximum atomic E-state index is 13.0. The van der Waals surface area contributed by atoms with Gasteiger partial charge in [0.05, 0.1) is 0 Å². The second kappa shape index (κ2) is 9.66. The number of aryl methyl sites for hydroxylation is 1. The monoisotopic (exact) mass is 470 g/mol. The van der Waals surface area contributed by atoms with Gasteiger partial charge in [0.15, 0.2) is 0 Å². The van der Waals surface area contributed by atoms with E-state index < -0.39 is 11.9 Å². The molecular weight excluding hydrogens is 445 g/mol. The lowest BCUT2D eigenvalue weighted by Gasteiger charge is -2.22. The van der Waals surface area contributed by atoms with Crippen molar-refractivity contribution in [3.05, 3.63) is 60.0 Å². The predicted molar refractivity (Wildman–Crippen MR) is 124 cm³/mol. The molecule has 1 aliphatic rings. The molecular formula is C24H25F3N6O. The minimum absolute atomic E-state index is 0.0769. The van der Waals surface area contributed by atoms with Crippen molar-refractivity contribution in [2.75, 3.05) is 36.4 Å². The molecule has 34 heavy (non-hydrogen) atoms. The fraction of sp³-hybridized carbons (Fsp3) is 0.333. The van der Waals surface area contributed by atoms with Crippen LogP contribution in [0.4, 0.5) is 30.6 Å². The molecule has 3 heterocycles. The second-order valence-corrected chi connectivity index (χ2v) is 8.23. The summed E-state index contributed by atoms with van der Waals surface area (Å²) < 4.78 is 39.0. The highest BCUT2D eigenvalue weighted by atomic mass is 19.4. The van der Waals surface area contributed by atoms with Crippen LogP contribution in [0.5, 0.6) is 0 Å². The summed E-state index contributed by atoms with van der Waals surface area (Å²) in [6.45, 7) is 6.38. The lowest BCUT2D eigenvalue weighted by Crippen LogP contribution is -2.33. The van der Waals surface area contributed by atoms with Crippen LogP contribution in [0, 0.1) is 6.92 Å². The SMILES string of the molecule is CC(=O)N1CCCN(c2cc(-c3cc(C)cc(Nc4nccc(C(F)(F)F)n4)c3)ccn2)CC1. The number of nitrogens with zero attached hydrogens (tertiary/aromatic N) is 5. The lowest BCUT2D eigenvalue weighted by atomic mass is 10.0. The van der Waals surface area contributed by atoms with Gasteiger partial charge < -0.3 is 15.1 Å². The number of rotatable bonds is 4. The Morgan fingerprint density at radius 1 is 0.971 bits per heavy atom. The van der Waals surface area contributed by atoms with Crippen LogP contribution in [0.25, 0.3) is 11.1 Å². The number of nitrogens with one attached hydrogen (secondary N) is 1. The number of hydrogen-bond donors (Lipinski definition) is 1. The van der Waals surface area contributed by atoms with Crippen molar-refractivity contribution < 1.29 is 18.0 Å². The zero-order chi connectivity index (χ0) is 24.3. The van der Waals surface area contributed by atoms with Crippen LogP contribution in [0.2, 0.25) is 0 Å². The Bertz CT molecular complexity index is 1180. The summed E-state index contributed by atoms with van der Waals surface area (Å²) in [4.78, 5) is 27.8. The number of carbonyl (C=O) groups excluding carboxylic acids is 1.